The molecule has 2 saturated heterocycles. The third-order valence-electron chi connectivity index (χ3n) is 3.11. The molecule has 0 amide bonds. The largest absolute Gasteiger partial charge is 0.380 e. The first-order valence-electron chi connectivity index (χ1n) is 5.18. The average Bonchev–Trinajstić information content (AvgIpc) is 2.56. The van der Waals surface area contributed by atoms with Crippen molar-refractivity contribution in [3.8, 4) is 0 Å². The van der Waals surface area contributed by atoms with Crippen molar-refractivity contribution in [2.24, 2.45) is 5.92 Å². The lowest BCUT2D eigenvalue weighted by Gasteiger charge is -2.34. The minimum atomic E-state index is 0.743. The molecule has 0 bridgehead atoms. The Kier molecular flexibility index (Phi) is 2.66. The lowest BCUT2D eigenvalue weighted by atomic mass is 9.98. The third-order valence-corrected chi connectivity index (χ3v) is 3.11. The highest BCUT2D eigenvalue weighted by molar-refractivity contribution is 4.79. The molecule has 2 aliphatic heterocycles. The molecule has 0 aliphatic carbocycles. The van der Waals surface area contributed by atoms with Crippen LogP contribution < -0.4 is 0 Å². The van der Waals surface area contributed by atoms with Gasteiger partial charge in [-0.3, -0.25) is 4.90 Å². The Morgan fingerprint density at radius 3 is 2.92 bits per heavy atom. The first-order valence-corrected chi connectivity index (χ1v) is 5.18. The SMILES string of the molecule is C[C@@H]1CCCN(C2CCOC2)C1. The molecular formula is C10H19NO. The predicted octanol–water partition coefficient (Wildman–Crippen LogP) is 1.51. The molecule has 1 unspecified atom stereocenters. The van der Waals surface area contributed by atoms with Crippen molar-refractivity contribution < 1.29 is 4.74 Å². The van der Waals surface area contributed by atoms with E-state index >= 15 is 0 Å². The van der Waals surface area contributed by atoms with Crippen molar-refractivity contribution >= 4 is 0 Å². The summed E-state index contributed by atoms with van der Waals surface area (Å²) in [6, 6.07) is 0.743. The molecule has 0 saturated carbocycles. The van der Waals surface area contributed by atoms with E-state index in [4.69, 9.17) is 4.74 Å². The molecule has 0 aromatic heterocycles. The fourth-order valence-electron chi connectivity index (χ4n) is 2.37. The molecule has 0 aromatic carbocycles. The second-order valence-corrected chi connectivity index (χ2v) is 4.26. The van der Waals surface area contributed by atoms with Gasteiger partial charge in [0.15, 0.2) is 0 Å². The zero-order valence-corrected chi connectivity index (χ0v) is 7.96. The van der Waals surface area contributed by atoms with Gasteiger partial charge >= 0.3 is 0 Å². The van der Waals surface area contributed by atoms with Crippen molar-refractivity contribution in [3.63, 3.8) is 0 Å². The molecule has 2 atom stereocenters. The average molecular weight is 169 g/mol. The summed E-state index contributed by atoms with van der Waals surface area (Å²) >= 11 is 0. The summed E-state index contributed by atoms with van der Waals surface area (Å²) in [5.74, 6) is 0.902. The van der Waals surface area contributed by atoms with E-state index in [9.17, 15) is 0 Å². The summed E-state index contributed by atoms with van der Waals surface area (Å²) in [6.45, 7) is 6.93. The standard InChI is InChI=1S/C10H19NO/c1-9-3-2-5-11(7-9)10-4-6-12-8-10/h9-10H,2-8H2,1H3/t9-,10?/m1/s1. The van der Waals surface area contributed by atoms with Crippen molar-refractivity contribution in [1.29, 1.82) is 0 Å². The zero-order chi connectivity index (χ0) is 8.39. The van der Waals surface area contributed by atoms with Crippen LogP contribution >= 0.6 is 0 Å². The van der Waals surface area contributed by atoms with E-state index < -0.39 is 0 Å². The molecule has 2 heteroatoms. The molecule has 2 aliphatic rings. The van der Waals surface area contributed by atoms with E-state index in [1.807, 2.05) is 0 Å². The maximum Gasteiger partial charge on any atom is 0.0622 e. The Balaban J connectivity index is 1.85. The van der Waals surface area contributed by atoms with Crippen LogP contribution in [0.3, 0.4) is 0 Å². The minimum Gasteiger partial charge on any atom is -0.380 e. The molecular weight excluding hydrogens is 150 g/mol. The van der Waals surface area contributed by atoms with Crippen LogP contribution in [0.15, 0.2) is 0 Å². The van der Waals surface area contributed by atoms with Crippen molar-refractivity contribution in [2.45, 2.75) is 32.2 Å². The van der Waals surface area contributed by atoms with Gasteiger partial charge in [0.05, 0.1) is 6.61 Å². The Hall–Kier alpha value is -0.0800. The highest BCUT2D eigenvalue weighted by Gasteiger charge is 2.26. The smallest absolute Gasteiger partial charge is 0.0622 e. The van der Waals surface area contributed by atoms with Crippen LogP contribution in [0.4, 0.5) is 0 Å². The highest BCUT2D eigenvalue weighted by Crippen LogP contribution is 2.21. The number of nitrogens with zero attached hydrogens (tertiary/aromatic N) is 1. The van der Waals surface area contributed by atoms with Crippen LogP contribution in [0.25, 0.3) is 0 Å². The van der Waals surface area contributed by atoms with Gasteiger partial charge in [-0.15, -0.1) is 0 Å². The van der Waals surface area contributed by atoms with Gasteiger partial charge in [-0.1, -0.05) is 6.92 Å². The van der Waals surface area contributed by atoms with E-state index in [0.717, 1.165) is 25.2 Å². The van der Waals surface area contributed by atoms with Gasteiger partial charge in [0, 0.05) is 19.2 Å². The monoisotopic (exact) mass is 169 g/mol. The van der Waals surface area contributed by atoms with Gasteiger partial charge in [0.2, 0.25) is 0 Å². The Labute approximate surface area is 74.9 Å². The predicted molar refractivity (Wildman–Crippen MR) is 49.2 cm³/mol. The number of ether oxygens (including phenoxy) is 1. The summed E-state index contributed by atoms with van der Waals surface area (Å²) in [4.78, 5) is 2.63. The van der Waals surface area contributed by atoms with Crippen LogP contribution in [-0.2, 0) is 4.74 Å². The maximum absolute atomic E-state index is 5.40. The normalized spacial score (nSPS) is 38.8. The number of piperidine rings is 1. The lowest BCUT2D eigenvalue weighted by Crippen LogP contribution is -2.42. The van der Waals surface area contributed by atoms with Gasteiger partial charge in [0.25, 0.3) is 0 Å². The quantitative estimate of drug-likeness (QED) is 0.590. The fraction of sp³-hybridized carbons (Fsp3) is 1.00. The summed E-state index contributed by atoms with van der Waals surface area (Å²) in [7, 11) is 0. The zero-order valence-electron chi connectivity index (χ0n) is 7.96. The first kappa shape index (κ1) is 8.52. The molecule has 0 spiro atoms. The van der Waals surface area contributed by atoms with Crippen molar-refractivity contribution in [3.05, 3.63) is 0 Å². The summed E-state index contributed by atoms with van der Waals surface area (Å²) in [5, 5.41) is 0. The number of hydrogen-bond donors (Lipinski definition) is 0. The van der Waals surface area contributed by atoms with Crippen LogP contribution in [0.2, 0.25) is 0 Å². The van der Waals surface area contributed by atoms with Gasteiger partial charge in [-0.05, 0) is 31.7 Å². The van der Waals surface area contributed by atoms with Crippen LogP contribution in [0.5, 0.6) is 0 Å². The molecule has 12 heavy (non-hydrogen) atoms. The van der Waals surface area contributed by atoms with Crippen LogP contribution in [0, 0.1) is 5.92 Å². The molecule has 2 rings (SSSR count). The van der Waals surface area contributed by atoms with E-state index in [1.165, 1.54) is 32.4 Å². The highest BCUT2D eigenvalue weighted by atomic mass is 16.5. The number of likely N-dealkylation sites (tertiary alicyclic amines) is 1. The fourth-order valence-corrected chi connectivity index (χ4v) is 2.37. The second-order valence-electron chi connectivity index (χ2n) is 4.26. The Bertz CT molecular complexity index is 143. The summed E-state index contributed by atoms with van der Waals surface area (Å²) in [6.07, 6.45) is 4.06. The topological polar surface area (TPSA) is 12.5 Å². The van der Waals surface area contributed by atoms with Crippen molar-refractivity contribution in [2.75, 3.05) is 26.3 Å². The molecule has 0 aromatic rings. The van der Waals surface area contributed by atoms with Gasteiger partial charge in [-0.2, -0.15) is 0 Å². The van der Waals surface area contributed by atoms with E-state index in [1.54, 1.807) is 0 Å². The van der Waals surface area contributed by atoms with E-state index in [0.29, 0.717) is 0 Å². The Morgan fingerprint density at radius 2 is 2.25 bits per heavy atom. The Morgan fingerprint density at radius 1 is 1.33 bits per heavy atom. The van der Waals surface area contributed by atoms with Crippen LogP contribution in [0.1, 0.15) is 26.2 Å². The molecule has 70 valence electrons. The van der Waals surface area contributed by atoms with Crippen LogP contribution in [-0.4, -0.2) is 37.2 Å². The molecule has 0 radical (unpaired) electrons. The number of hydrogen-bond acceptors (Lipinski definition) is 2. The third kappa shape index (κ3) is 1.80. The molecule has 0 N–H and O–H groups in total. The van der Waals surface area contributed by atoms with E-state index in [-0.39, 0.29) is 0 Å². The second kappa shape index (κ2) is 3.75. The molecule has 2 heterocycles. The van der Waals surface area contributed by atoms with Gasteiger partial charge in [0.1, 0.15) is 0 Å². The summed E-state index contributed by atoms with van der Waals surface area (Å²) < 4.78 is 5.40. The van der Waals surface area contributed by atoms with E-state index in [2.05, 4.69) is 11.8 Å². The lowest BCUT2D eigenvalue weighted by molar-refractivity contribution is 0.108. The van der Waals surface area contributed by atoms with Gasteiger partial charge in [-0.25, -0.2) is 0 Å². The first-order chi connectivity index (χ1) is 5.86. The number of rotatable bonds is 1. The maximum atomic E-state index is 5.40. The molecule has 2 nitrogen and oxygen atoms in total. The minimum absolute atomic E-state index is 0.743. The van der Waals surface area contributed by atoms with Gasteiger partial charge < -0.3 is 4.74 Å². The van der Waals surface area contributed by atoms with Crippen molar-refractivity contribution in [1.82, 2.24) is 4.90 Å². The molecule has 2 fully saturated rings. The summed E-state index contributed by atoms with van der Waals surface area (Å²) in [5.41, 5.74) is 0.